The third-order valence-electron chi connectivity index (χ3n) is 5.11. The van der Waals surface area contributed by atoms with Gasteiger partial charge in [0.1, 0.15) is 0 Å². The van der Waals surface area contributed by atoms with Gasteiger partial charge in [-0.15, -0.1) is 0 Å². The molecule has 3 nitrogen and oxygen atoms in total. The van der Waals surface area contributed by atoms with Crippen LogP contribution in [0.15, 0.2) is 48.5 Å². The van der Waals surface area contributed by atoms with Crippen molar-refractivity contribution in [1.29, 1.82) is 0 Å². The lowest BCUT2D eigenvalue weighted by Gasteiger charge is -2.25. The highest BCUT2D eigenvalue weighted by Crippen LogP contribution is 2.45. The molecule has 0 bridgehead atoms. The number of fused-ring (bicyclic) bond motifs is 3. The Morgan fingerprint density at radius 3 is 2.70 bits per heavy atom. The van der Waals surface area contributed by atoms with Crippen LogP contribution in [0.2, 0.25) is 0 Å². The number of rotatable bonds is 2. The summed E-state index contributed by atoms with van der Waals surface area (Å²) in [6.45, 7) is 4.12. The van der Waals surface area contributed by atoms with E-state index in [-0.39, 0.29) is 11.9 Å². The summed E-state index contributed by atoms with van der Waals surface area (Å²) < 4.78 is 0. The van der Waals surface area contributed by atoms with Gasteiger partial charge in [-0.25, -0.2) is 0 Å². The average Bonchev–Trinajstić information content (AvgIpc) is 3.03. The molecular formula is C20H22N2O. The SMILES string of the molecule is Cc1ccc2c(c1)[C@@H]1CN(C)C[C@@H]1N2C(=O)Cc1ccccc1. The number of amides is 1. The van der Waals surface area contributed by atoms with E-state index >= 15 is 0 Å². The van der Waals surface area contributed by atoms with Gasteiger partial charge in [0.2, 0.25) is 5.91 Å². The van der Waals surface area contributed by atoms with Gasteiger partial charge in [-0.2, -0.15) is 0 Å². The van der Waals surface area contributed by atoms with E-state index in [1.807, 2.05) is 30.3 Å². The Morgan fingerprint density at radius 1 is 1.13 bits per heavy atom. The van der Waals surface area contributed by atoms with Gasteiger partial charge in [0.05, 0.1) is 12.5 Å². The van der Waals surface area contributed by atoms with Gasteiger partial charge in [0.25, 0.3) is 0 Å². The van der Waals surface area contributed by atoms with Crippen molar-refractivity contribution in [3.63, 3.8) is 0 Å². The minimum absolute atomic E-state index is 0.212. The molecule has 2 aliphatic rings. The van der Waals surface area contributed by atoms with Crippen LogP contribution in [0.3, 0.4) is 0 Å². The second-order valence-electron chi connectivity index (χ2n) is 6.88. The van der Waals surface area contributed by atoms with Crippen LogP contribution in [0.1, 0.15) is 22.6 Å². The highest BCUT2D eigenvalue weighted by atomic mass is 16.2. The van der Waals surface area contributed by atoms with Gasteiger partial charge in [0.15, 0.2) is 0 Å². The fourth-order valence-corrected chi connectivity index (χ4v) is 4.09. The second-order valence-corrected chi connectivity index (χ2v) is 6.88. The first kappa shape index (κ1) is 14.5. The van der Waals surface area contributed by atoms with Crippen LogP contribution in [-0.4, -0.2) is 37.0 Å². The molecule has 0 radical (unpaired) electrons. The Balaban J connectivity index is 1.68. The number of likely N-dealkylation sites (N-methyl/N-ethyl adjacent to an activating group) is 1. The highest BCUT2D eigenvalue weighted by molar-refractivity contribution is 5.98. The molecule has 2 aliphatic heterocycles. The van der Waals surface area contributed by atoms with Crippen molar-refractivity contribution in [2.24, 2.45) is 0 Å². The van der Waals surface area contributed by atoms with Crippen LogP contribution >= 0.6 is 0 Å². The Morgan fingerprint density at radius 2 is 1.91 bits per heavy atom. The maximum atomic E-state index is 13.0. The Bertz CT molecular complexity index is 741. The van der Waals surface area contributed by atoms with E-state index in [2.05, 4.69) is 42.0 Å². The molecule has 1 fully saturated rings. The van der Waals surface area contributed by atoms with E-state index < -0.39 is 0 Å². The molecule has 3 heteroatoms. The van der Waals surface area contributed by atoms with Crippen LogP contribution in [0, 0.1) is 6.92 Å². The maximum absolute atomic E-state index is 13.0. The number of benzene rings is 2. The normalized spacial score (nSPS) is 23.0. The molecular weight excluding hydrogens is 284 g/mol. The van der Waals surface area contributed by atoms with Crippen molar-refractivity contribution in [1.82, 2.24) is 4.90 Å². The minimum atomic E-state index is 0.212. The predicted octanol–water partition coefficient (Wildman–Crippen LogP) is 2.98. The summed E-state index contributed by atoms with van der Waals surface area (Å²) in [7, 11) is 2.15. The van der Waals surface area contributed by atoms with Crippen LogP contribution in [0.5, 0.6) is 0 Å². The Kier molecular flexibility index (Phi) is 3.46. The number of anilines is 1. The lowest BCUT2D eigenvalue weighted by molar-refractivity contribution is -0.118. The molecule has 1 saturated heterocycles. The van der Waals surface area contributed by atoms with Gasteiger partial charge in [-0.1, -0.05) is 48.0 Å². The van der Waals surface area contributed by atoms with Crippen LogP contribution in [-0.2, 0) is 11.2 Å². The van der Waals surface area contributed by atoms with Crippen molar-refractivity contribution in [3.05, 3.63) is 65.2 Å². The molecule has 0 unspecified atom stereocenters. The number of likely N-dealkylation sites (tertiary alicyclic amines) is 1. The minimum Gasteiger partial charge on any atom is -0.307 e. The molecule has 2 heterocycles. The zero-order valence-electron chi connectivity index (χ0n) is 13.7. The zero-order valence-corrected chi connectivity index (χ0v) is 13.7. The van der Waals surface area contributed by atoms with Crippen molar-refractivity contribution in [2.45, 2.75) is 25.3 Å². The summed E-state index contributed by atoms with van der Waals surface area (Å²) in [6.07, 6.45) is 0.473. The summed E-state index contributed by atoms with van der Waals surface area (Å²) in [5, 5.41) is 0. The Labute approximate surface area is 137 Å². The summed E-state index contributed by atoms with van der Waals surface area (Å²) in [5.41, 5.74) is 4.83. The molecule has 118 valence electrons. The van der Waals surface area contributed by atoms with E-state index in [4.69, 9.17) is 0 Å². The third kappa shape index (κ3) is 2.45. The van der Waals surface area contributed by atoms with E-state index in [1.54, 1.807) is 0 Å². The van der Waals surface area contributed by atoms with Crippen molar-refractivity contribution in [2.75, 3.05) is 25.0 Å². The first-order valence-corrected chi connectivity index (χ1v) is 8.28. The standard InChI is InChI=1S/C20H22N2O/c1-14-8-9-18-16(10-14)17-12-21(2)13-19(17)22(18)20(23)11-15-6-4-3-5-7-15/h3-10,17,19H,11-13H2,1-2H3/t17-,19-/m0/s1. The Hall–Kier alpha value is -2.13. The summed E-state index contributed by atoms with van der Waals surface area (Å²) >= 11 is 0. The van der Waals surface area contributed by atoms with Gasteiger partial charge in [0, 0.05) is 24.7 Å². The van der Waals surface area contributed by atoms with E-state index in [1.165, 1.54) is 11.1 Å². The highest BCUT2D eigenvalue weighted by Gasteiger charge is 2.45. The van der Waals surface area contributed by atoms with E-state index in [0.717, 1.165) is 24.3 Å². The number of carbonyl (C=O) groups excluding carboxylic acids is 1. The van der Waals surface area contributed by atoms with Crippen molar-refractivity contribution < 1.29 is 4.79 Å². The topological polar surface area (TPSA) is 23.6 Å². The number of carbonyl (C=O) groups is 1. The lowest BCUT2D eigenvalue weighted by Crippen LogP contribution is -2.41. The number of hydrogen-bond donors (Lipinski definition) is 0. The molecule has 0 aliphatic carbocycles. The largest absolute Gasteiger partial charge is 0.307 e. The second kappa shape index (κ2) is 5.50. The van der Waals surface area contributed by atoms with Crippen molar-refractivity contribution >= 4 is 11.6 Å². The number of hydrogen-bond acceptors (Lipinski definition) is 2. The summed E-state index contributed by atoms with van der Waals surface area (Å²) in [6, 6.07) is 16.8. The van der Waals surface area contributed by atoms with Crippen LogP contribution in [0.4, 0.5) is 5.69 Å². The average molecular weight is 306 g/mol. The summed E-state index contributed by atoms with van der Waals surface area (Å²) in [4.78, 5) is 17.4. The smallest absolute Gasteiger partial charge is 0.231 e. The molecule has 4 rings (SSSR count). The molecule has 2 aromatic rings. The molecule has 0 spiro atoms. The first-order chi connectivity index (χ1) is 11.1. The maximum Gasteiger partial charge on any atom is 0.231 e. The molecule has 0 aromatic heterocycles. The van der Waals surface area contributed by atoms with Crippen LogP contribution < -0.4 is 4.90 Å². The molecule has 23 heavy (non-hydrogen) atoms. The van der Waals surface area contributed by atoms with E-state index in [0.29, 0.717) is 12.3 Å². The number of aryl methyl sites for hydroxylation is 1. The van der Waals surface area contributed by atoms with Gasteiger partial charge in [-0.3, -0.25) is 4.79 Å². The number of nitrogens with zero attached hydrogens (tertiary/aromatic N) is 2. The van der Waals surface area contributed by atoms with Crippen LogP contribution in [0.25, 0.3) is 0 Å². The lowest BCUT2D eigenvalue weighted by atomic mass is 9.97. The predicted molar refractivity (Wildman–Crippen MR) is 92.8 cm³/mol. The van der Waals surface area contributed by atoms with Gasteiger partial charge in [-0.05, 0) is 31.2 Å². The van der Waals surface area contributed by atoms with Gasteiger partial charge >= 0.3 is 0 Å². The fraction of sp³-hybridized carbons (Fsp3) is 0.350. The van der Waals surface area contributed by atoms with Gasteiger partial charge < -0.3 is 9.80 Å². The third-order valence-corrected chi connectivity index (χ3v) is 5.11. The fourth-order valence-electron chi connectivity index (χ4n) is 4.09. The molecule has 2 atom stereocenters. The molecule has 0 saturated carbocycles. The zero-order chi connectivity index (χ0) is 16.0. The monoisotopic (exact) mass is 306 g/mol. The summed E-state index contributed by atoms with van der Waals surface area (Å²) in [5.74, 6) is 0.665. The first-order valence-electron chi connectivity index (χ1n) is 8.28. The van der Waals surface area contributed by atoms with E-state index in [9.17, 15) is 4.79 Å². The molecule has 0 N–H and O–H groups in total. The van der Waals surface area contributed by atoms with Crippen molar-refractivity contribution in [3.8, 4) is 0 Å². The molecule has 2 aromatic carbocycles. The molecule has 1 amide bonds. The quantitative estimate of drug-likeness (QED) is 0.851.